The number of para-hydroxylation sites is 1. The summed E-state index contributed by atoms with van der Waals surface area (Å²) in [5, 5.41) is 5.51. The van der Waals surface area contributed by atoms with Crippen LogP contribution >= 0.6 is 11.6 Å². The Morgan fingerprint density at radius 1 is 1.02 bits per heavy atom. The second-order valence-corrected chi connectivity index (χ2v) is 9.73. The van der Waals surface area contributed by atoms with Crippen molar-refractivity contribution in [2.45, 2.75) is 12.3 Å². The number of halogens is 4. The molecular formula is C29H16ClF3N4O5. The molecule has 42 heavy (non-hydrogen) atoms. The van der Waals surface area contributed by atoms with E-state index in [1.807, 2.05) is 0 Å². The van der Waals surface area contributed by atoms with Crippen LogP contribution in [0, 0.1) is 0 Å². The van der Waals surface area contributed by atoms with E-state index in [4.69, 9.17) is 30.5 Å². The summed E-state index contributed by atoms with van der Waals surface area (Å²) in [7, 11) is 1.50. The lowest BCUT2D eigenvalue weighted by Crippen LogP contribution is -2.22. The number of alkyl halides is 3. The van der Waals surface area contributed by atoms with Crippen LogP contribution in [0.25, 0.3) is 28.0 Å². The van der Waals surface area contributed by atoms with Gasteiger partial charge in [-0.1, -0.05) is 35.9 Å². The standard InChI is InChI=1S/C29H16ClF3N4O5/c1-39-19-11-8-15(30)12-18(19)25-35-26-23-21(14-6-9-16(10-7-14)42-29(31,32)33)22-24(41-27(23)34-13-37(26)36-25)17-4-2-3-5-20(17)40-28(22)38/h2-13,21H,1H3. The average Bonchev–Trinajstić information content (AvgIpc) is 3.40. The van der Waals surface area contributed by atoms with Crippen molar-refractivity contribution in [2.75, 3.05) is 7.11 Å². The molecule has 0 N–H and O–H groups in total. The number of ether oxygens (including phenoxy) is 3. The third-order valence-corrected chi connectivity index (χ3v) is 7.05. The molecule has 210 valence electrons. The molecule has 4 heterocycles. The summed E-state index contributed by atoms with van der Waals surface area (Å²) in [6, 6.07) is 17.0. The first-order valence-corrected chi connectivity index (χ1v) is 12.8. The predicted octanol–water partition coefficient (Wildman–Crippen LogP) is 6.74. The molecule has 0 aliphatic carbocycles. The summed E-state index contributed by atoms with van der Waals surface area (Å²) >= 11 is 6.24. The minimum atomic E-state index is -4.87. The van der Waals surface area contributed by atoms with Gasteiger partial charge in [0.05, 0.1) is 35.1 Å². The summed E-state index contributed by atoms with van der Waals surface area (Å²) in [5.41, 5.74) is 1.34. The lowest BCUT2D eigenvalue weighted by molar-refractivity contribution is -0.274. The highest BCUT2D eigenvalue weighted by molar-refractivity contribution is 6.30. The molecular weight excluding hydrogens is 577 g/mol. The van der Waals surface area contributed by atoms with Crippen LogP contribution in [-0.2, 0) is 0 Å². The maximum atomic E-state index is 13.5. The SMILES string of the molecule is COc1ccc(Cl)cc1-c1nc2c3c(ncn2n1)Oc1c(c(=O)oc2ccccc12)C3c1ccc(OC(F)(F)F)cc1. The fourth-order valence-corrected chi connectivity index (χ4v) is 5.27. The van der Waals surface area contributed by atoms with Crippen molar-refractivity contribution in [3.8, 4) is 34.5 Å². The van der Waals surface area contributed by atoms with Crippen LogP contribution in [0.5, 0.6) is 23.1 Å². The fourth-order valence-electron chi connectivity index (χ4n) is 5.09. The van der Waals surface area contributed by atoms with Gasteiger partial charge in [0, 0.05) is 5.02 Å². The number of nitrogens with zero attached hydrogens (tertiary/aromatic N) is 4. The van der Waals surface area contributed by atoms with Crippen molar-refractivity contribution in [3.05, 3.63) is 105 Å². The molecule has 6 aromatic rings. The summed E-state index contributed by atoms with van der Waals surface area (Å²) < 4.78 is 61.4. The molecule has 0 saturated carbocycles. The predicted molar refractivity (Wildman–Crippen MR) is 144 cm³/mol. The summed E-state index contributed by atoms with van der Waals surface area (Å²) in [4.78, 5) is 22.7. The minimum absolute atomic E-state index is 0.130. The van der Waals surface area contributed by atoms with Gasteiger partial charge in [0.1, 0.15) is 23.4 Å². The van der Waals surface area contributed by atoms with E-state index in [1.54, 1.807) is 42.5 Å². The lowest BCUT2D eigenvalue weighted by Gasteiger charge is -2.27. The largest absolute Gasteiger partial charge is 0.573 e. The molecule has 3 aromatic carbocycles. The van der Waals surface area contributed by atoms with Gasteiger partial charge >= 0.3 is 12.0 Å². The van der Waals surface area contributed by atoms with Gasteiger partial charge in [-0.15, -0.1) is 18.3 Å². The van der Waals surface area contributed by atoms with E-state index in [-0.39, 0.29) is 28.7 Å². The van der Waals surface area contributed by atoms with Crippen LogP contribution in [0.15, 0.2) is 82.3 Å². The van der Waals surface area contributed by atoms with Crippen molar-refractivity contribution in [2.24, 2.45) is 0 Å². The Balaban J connectivity index is 1.48. The second-order valence-electron chi connectivity index (χ2n) is 9.29. The van der Waals surface area contributed by atoms with Crippen molar-refractivity contribution >= 4 is 28.2 Å². The molecule has 3 aromatic heterocycles. The first-order valence-electron chi connectivity index (χ1n) is 12.4. The summed E-state index contributed by atoms with van der Waals surface area (Å²) in [6.45, 7) is 0. The lowest BCUT2D eigenvalue weighted by atomic mass is 9.84. The monoisotopic (exact) mass is 592 g/mol. The third kappa shape index (κ3) is 4.27. The van der Waals surface area contributed by atoms with E-state index in [0.717, 1.165) is 0 Å². The third-order valence-electron chi connectivity index (χ3n) is 6.81. The quantitative estimate of drug-likeness (QED) is 0.207. The molecule has 0 fully saturated rings. The van der Waals surface area contributed by atoms with Gasteiger partial charge < -0.3 is 18.6 Å². The van der Waals surface area contributed by atoms with Crippen LogP contribution in [0.4, 0.5) is 13.2 Å². The van der Waals surface area contributed by atoms with Gasteiger partial charge in [0.25, 0.3) is 0 Å². The molecule has 9 nitrogen and oxygen atoms in total. The molecule has 0 bridgehead atoms. The Labute approximate surface area is 238 Å². The molecule has 7 rings (SSSR count). The summed E-state index contributed by atoms with van der Waals surface area (Å²) in [5.74, 6) is -0.222. The zero-order chi connectivity index (χ0) is 29.2. The second kappa shape index (κ2) is 9.48. The normalized spacial score (nSPS) is 14.4. The van der Waals surface area contributed by atoms with Crippen LogP contribution in [0.3, 0.4) is 0 Å². The van der Waals surface area contributed by atoms with Crippen molar-refractivity contribution < 1.29 is 31.8 Å². The van der Waals surface area contributed by atoms with Crippen LogP contribution < -0.4 is 19.8 Å². The van der Waals surface area contributed by atoms with Gasteiger partial charge in [-0.05, 0) is 48.0 Å². The number of hydrogen-bond donors (Lipinski definition) is 0. The number of rotatable bonds is 4. The van der Waals surface area contributed by atoms with Crippen molar-refractivity contribution in [3.63, 3.8) is 0 Å². The number of aromatic nitrogens is 4. The van der Waals surface area contributed by atoms with Crippen molar-refractivity contribution in [1.82, 2.24) is 19.6 Å². The van der Waals surface area contributed by atoms with Crippen molar-refractivity contribution in [1.29, 1.82) is 0 Å². The fraction of sp³-hybridized carbons (Fsp3) is 0.103. The molecule has 0 amide bonds. The van der Waals surface area contributed by atoms with Crippen LogP contribution in [-0.4, -0.2) is 33.1 Å². The molecule has 0 saturated heterocycles. The van der Waals surface area contributed by atoms with E-state index in [9.17, 15) is 18.0 Å². The average molecular weight is 593 g/mol. The highest BCUT2D eigenvalue weighted by Crippen LogP contribution is 2.49. The number of benzene rings is 3. The van der Waals surface area contributed by atoms with Crippen LogP contribution in [0.2, 0.25) is 5.02 Å². The molecule has 0 radical (unpaired) electrons. The van der Waals surface area contributed by atoms with Gasteiger partial charge in [-0.3, -0.25) is 0 Å². The van der Waals surface area contributed by atoms with E-state index >= 15 is 0 Å². The molecule has 0 spiro atoms. The molecule has 1 atom stereocenters. The highest BCUT2D eigenvalue weighted by Gasteiger charge is 2.38. The van der Waals surface area contributed by atoms with E-state index in [2.05, 4.69) is 14.8 Å². The van der Waals surface area contributed by atoms with E-state index in [1.165, 1.54) is 42.2 Å². The maximum absolute atomic E-state index is 13.5. The molecule has 1 aliphatic heterocycles. The smallest absolute Gasteiger partial charge is 0.496 e. The Kier molecular flexibility index (Phi) is 5.84. The Hall–Kier alpha value is -5.10. The first-order chi connectivity index (χ1) is 20.2. The zero-order valence-electron chi connectivity index (χ0n) is 21.3. The Bertz CT molecular complexity index is 2080. The molecule has 1 aliphatic rings. The zero-order valence-corrected chi connectivity index (χ0v) is 22.1. The van der Waals surface area contributed by atoms with Gasteiger partial charge in [0.15, 0.2) is 17.2 Å². The highest BCUT2D eigenvalue weighted by atomic mass is 35.5. The Morgan fingerprint density at radius 2 is 1.81 bits per heavy atom. The number of methoxy groups -OCH3 is 1. The number of fused-ring (bicyclic) bond motifs is 6. The maximum Gasteiger partial charge on any atom is 0.573 e. The number of hydrogen-bond acceptors (Lipinski definition) is 8. The van der Waals surface area contributed by atoms with E-state index in [0.29, 0.717) is 38.4 Å². The topological polar surface area (TPSA) is 101 Å². The van der Waals surface area contributed by atoms with Gasteiger partial charge in [0.2, 0.25) is 5.88 Å². The van der Waals surface area contributed by atoms with Gasteiger partial charge in [-0.2, -0.15) is 0 Å². The first kappa shape index (κ1) is 25.8. The Morgan fingerprint density at radius 3 is 2.57 bits per heavy atom. The van der Waals surface area contributed by atoms with Crippen LogP contribution in [0.1, 0.15) is 22.6 Å². The summed E-state index contributed by atoms with van der Waals surface area (Å²) in [6.07, 6.45) is -3.45. The van der Waals surface area contributed by atoms with E-state index < -0.39 is 23.7 Å². The van der Waals surface area contributed by atoms with Gasteiger partial charge in [-0.25, -0.2) is 19.3 Å². The minimum Gasteiger partial charge on any atom is -0.496 e. The molecule has 13 heteroatoms. The molecule has 1 unspecified atom stereocenters.